The van der Waals surface area contributed by atoms with E-state index in [1.54, 1.807) is 0 Å². The van der Waals surface area contributed by atoms with Gasteiger partial charge in [-0.1, -0.05) is 6.92 Å². The Morgan fingerprint density at radius 3 is 2.75 bits per heavy atom. The van der Waals surface area contributed by atoms with Crippen molar-refractivity contribution < 1.29 is 13.6 Å². The average molecular weight is 297 g/mol. The number of benzene rings is 1. The third kappa shape index (κ3) is 2.62. The van der Waals surface area contributed by atoms with Crippen molar-refractivity contribution in [2.45, 2.75) is 20.3 Å². The van der Waals surface area contributed by atoms with Crippen LogP contribution in [0.3, 0.4) is 0 Å². The quantitative estimate of drug-likeness (QED) is 0.855. The molecule has 0 aliphatic heterocycles. The van der Waals surface area contributed by atoms with Crippen LogP contribution < -0.4 is 11.1 Å². The van der Waals surface area contributed by atoms with Crippen LogP contribution in [0.1, 0.15) is 27.9 Å². The second-order valence-corrected chi connectivity index (χ2v) is 5.36. The van der Waals surface area contributed by atoms with E-state index in [1.165, 1.54) is 11.3 Å². The molecule has 7 heteroatoms. The Balaban J connectivity index is 2.30. The second kappa shape index (κ2) is 5.54. The number of hydrogen-bond acceptors (Lipinski definition) is 4. The molecule has 0 unspecified atom stereocenters. The third-order valence-corrected chi connectivity index (χ3v) is 3.72. The lowest BCUT2D eigenvalue weighted by Gasteiger charge is -2.06. The number of carbonyl (C=O) groups excluding carboxylic acids is 1. The lowest BCUT2D eigenvalue weighted by atomic mass is 10.1. The van der Waals surface area contributed by atoms with Crippen LogP contribution in [0.2, 0.25) is 0 Å². The summed E-state index contributed by atoms with van der Waals surface area (Å²) in [6.45, 7) is 3.80. The summed E-state index contributed by atoms with van der Waals surface area (Å²) in [6, 6.07) is 2.03. The summed E-state index contributed by atoms with van der Waals surface area (Å²) >= 11 is 1.26. The molecular weight excluding hydrogens is 284 g/mol. The van der Waals surface area contributed by atoms with E-state index < -0.39 is 23.1 Å². The van der Waals surface area contributed by atoms with E-state index >= 15 is 0 Å². The highest BCUT2D eigenvalue weighted by Gasteiger charge is 2.21. The van der Waals surface area contributed by atoms with Crippen molar-refractivity contribution in [3.63, 3.8) is 0 Å². The Morgan fingerprint density at radius 1 is 1.45 bits per heavy atom. The number of hydrogen-bond donors (Lipinski definition) is 2. The largest absolute Gasteiger partial charge is 0.396 e. The van der Waals surface area contributed by atoms with Crippen molar-refractivity contribution in [3.05, 3.63) is 39.9 Å². The van der Waals surface area contributed by atoms with E-state index in [-0.39, 0.29) is 5.69 Å². The molecule has 3 N–H and O–H groups in total. The van der Waals surface area contributed by atoms with E-state index in [2.05, 4.69) is 10.3 Å². The number of nitrogens with two attached hydrogens (primary N) is 1. The molecule has 4 nitrogen and oxygen atoms in total. The lowest BCUT2D eigenvalue weighted by molar-refractivity contribution is 0.101. The Bertz CT molecular complexity index is 670. The zero-order valence-corrected chi connectivity index (χ0v) is 11.8. The first-order valence-corrected chi connectivity index (χ1v) is 6.76. The topological polar surface area (TPSA) is 68.0 Å². The van der Waals surface area contributed by atoms with E-state index in [0.717, 1.165) is 29.1 Å². The Morgan fingerprint density at radius 2 is 2.15 bits per heavy atom. The van der Waals surface area contributed by atoms with Gasteiger partial charge < -0.3 is 5.73 Å². The molecule has 0 radical (unpaired) electrons. The maximum absolute atomic E-state index is 13.7. The van der Waals surface area contributed by atoms with Crippen LogP contribution in [0.4, 0.5) is 19.6 Å². The normalized spacial score (nSPS) is 10.6. The number of amides is 1. The van der Waals surface area contributed by atoms with Gasteiger partial charge in [0, 0.05) is 4.88 Å². The fourth-order valence-corrected chi connectivity index (χ4v) is 2.64. The molecule has 0 saturated carbocycles. The van der Waals surface area contributed by atoms with Crippen molar-refractivity contribution in [3.8, 4) is 0 Å². The number of thiazole rings is 1. The smallest absolute Gasteiger partial charge is 0.263 e. The van der Waals surface area contributed by atoms with Crippen LogP contribution in [0.5, 0.6) is 0 Å². The zero-order chi connectivity index (χ0) is 14.9. The Labute approximate surface area is 118 Å². The zero-order valence-electron chi connectivity index (χ0n) is 11.0. The van der Waals surface area contributed by atoms with E-state index in [0.29, 0.717) is 5.13 Å². The summed E-state index contributed by atoms with van der Waals surface area (Å²) in [6.07, 6.45) is 0.721. The molecule has 0 atom stereocenters. The highest BCUT2D eigenvalue weighted by Crippen LogP contribution is 2.24. The molecule has 0 aliphatic carbocycles. The van der Waals surface area contributed by atoms with Crippen LogP contribution in [-0.4, -0.2) is 10.9 Å². The lowest BCUT2D eigenvalue weighted by Crippen LogP contribution is -2.16. The van der Waals surface area contributed by atoms with Gasteiger partial charge in [-0.25, -0.2) is 13.8 Å². The first kappa shape index (κ1) is 14.4. The number of rotatable bonds is 3. The van der Waals surface area contributed by atoms with E-state index in [4.69, 9.17) is 5.73 Å². The summed E-state index contributed by atoms with van der Waals surface area (Å²) in [4.78, 5) is 17.1. The predicted molar refractivity (Wildman–Crippen MR) is 75.0 cm³/mol. The summed E-state index contributed by atoms with van der Waals surface area (Å²) in [5.74, 6) is -2.92. The monoisotopic (exact) mass is 297 g/mol. The van der Waals surface area contributed by atoms with Gasteiger partial charge in [0.15, 0.2) is 10.9 Å². The molecule has 0 spiro atoms. The summed E-state index contributed by atoms with van der Waals surface area (Å²) in [5, 5.41) is 2.71. The van der Waals surface area contributed by atoms with Crippen molar-refractivity contribution in [1.82, 2.24) is 4.98 Å². The Kier molecular flexibility index (Phi) is 3.99. The highest BCUT2D eigenvalue weighted by molar-refractivity contribution is 7.15. The fourth-order valence-electron chi connectivity index (χ4n) is 1.75. The number of aryl methyl sites for hydroxylation is 2. The molecule has 0 aliphatic rings. The van der Waals surface area contributed by atoms with E-state index in [1.807, 2.05) is 13.8 Å². The minimum absolute atomic E-state index is 0.277. The van der Waals surface area contributed by atoms with Gasteiger partial charge in [0.1, 0.15) is 11.4 Å². The van der Waals surface area contributed by atoms with Crippen molar-refractivity contribution in [1.29, 1.82) is 0 Å². The van der Waals surface area contributed by atoms with Crippen molar-refractivity contribution in [2.75, 3.05) is 11.1 Å². The van der Waals surface area contributed by atoms with Crippen LogP contribution in [0.15, 0.2) is 12.1 Å². The molecule has 0 bridgehead atoms. The van der Waals surface area contributed by atoms with E-state index in [9.17, 15) is 13.6 Å². The molecule has 0 fully saturated rings. The third-order valence-electron chi connectivity index (χ3n) is 2.80. The minimum Gasteiger partial charge on any atom is -0.396 e. The minimum atomic E-state index is -1.06. The van der Waals surface area contributed by atoms with Gasteiger partial charge in [0.25, 0.3) is 5.91 Å². The highest BCUT2D eigenvalue weighted by atomic mass is 32.1. The predicted octanol–water partition coefficient (Wildman–Crippen LogP) is 3.13. The number of nitrogens with one attached hydrogen (secondary N) is 1. The summed E-state index contributed by atoms with van der Waals surface area (Å²) in [7, 11) is 0. The van der Waals surface area contributed by atoms with Gasteiger partial charge in [-0.15, -0.1) is 11.3 Å². The number of aromatic nitrogens is 1. The van der Waals surface area contributed by atoms with Crippen LogP contribution in [0.25, 0.3) is 0 Å². The maximum atomic E-state index is 13.7. The number of anilines is 2. The molecule has 1 aromatic heterocycles. The molecule has 20 heavy (non-hydrogen) atoms. The molecule has 2 aromatic rings. The molecule has 1 heterocycles. The summed E-state index contributed by atoms with van der Waals surface area (Å²) in [5.41, 5.74) is 5.21. The molecule has 1 amide bonds. The number of halogens is 2. The summed E-state index contributed by atoms with van der Waals surface area (Å²) < 4.78 is 27.3. The average Bonchev–Trinajstić information content (AvgIpc) is 2.74. The van der Waals surface area contributed by atoms with Crippen LogP contribution in [0, 0.1) is 18.6 Å². The SMILES string of the molecule is CCc1nc(NC(=O)c2c(F)ccc(N)c2F)sc1C. The van der Waals surface area contributed by atoms with Gasteiger partial charge in [0.05, 0.1) is 11.4 Å². The molecule has 106 valence electrons. The molecule has 0 saturated heterocycles. The number of carbonyl (C=O) groups is 1. The van der Waals surface area contributed by atoms with Gasteiger partial charge >= 0.3 is 0 Å². The Hall–Kier alpha value is -2.02. The molecular formula is C13H13F2N3OS. The van der Waals surface area contributed by atoms with Crippen LogP contribution in [-0.2, 0) is 6.42 Å². The fraction of sp³-hybridized carbons (Fsp3) is 0.231. The molecule has 1 aromatic carbocycles. The molecule has 2 rings (SSSR count). The van der Waals surface area contributed by atoms with Crippen LogP contribution >= 0.6 is 11.3 Å². The standard InChI is InChI=1S/C13H13F2N3OS/c1-3-9-6(2)20-13(17-9)18-12(19)10-7(14)4-5-8(16)11(10)15/h4-5H,3,16H2,1-2H3,(H,17,18,19). The first-order valence-electron chi connectivity index (χ1n) is 5.95. The first-order chi connectivity index (χ1) is 9.43. The maximum Gasteiger partial charge on any atom is 0.263 e. The van der Waals surface area contributed by atoms with Gasteiger partial charge in [-0.2, -0.15) is 0 Å². The van der Waals surface area contributed by atoms with Gasteiger partial charge in [-0.3, -0.25) is 10.1 Å². The van der Waals surface area contributed by atoms with Gasteiger partial charge in [0.2, 0.25) is 0 Å². The van der Waals surface area contributed by atoms with Crippen molar-refractivity contribution >= 4 is 28.1 Å². The second-order valence-electron chi connectivity index (χ2n) is 4.16. The van der Waals surface area contributed by atoms with Gasteiger partial charge in [-0.05, 0) is 25.5 Å². The number of nitrogens with zero attached hydrogens (tertiary/aromatic N) is 1. The number of nitrogen functional groups attached to an aromatic ring is 1. The van der Waals surface area contributed by atoms with Crippen molar-refractivity contribution in [2.24, 2.45) is 0 Å².